The Morgan fingerprint density at radius 3 is 2.82 bits per heavy atom. The van der Waals surface area contributed by atoms with Crippen molar-refractivity contribution < 1.29 is 4.79 Å². The van der Waals surface area contributed by atoms with Gasteiger partial charge in [0.25, 0.3) is 0 Å². The van der Waals surface area contributed by atoms with Gasteiger partial charge in [-0.3, -0.25) is 9.48 Å². The van der Waals surface area contributed by atoms with Crippen LogP contribution in [0.2, 0.25) is 0 Å². The highest BCUT2D eigenvalue weighted by Gasteiger charge is 2.27. The summed E-state index contributed by atoms with van der Waals surface area (Å²) in [6.45, 7) is 1.49. The second-order valence-corrected chi connectivity index (χ2v) is 5.94. The molecule has 2 heterocycles. The van der Waals surface area contributed by atoms with E-state index in [2.05, 4.69) is 27.1 Å². The van der Waals surface area contributed by atoms with Gasteiger partial charge in [-0.1, -0.05) is 6.07 Å². The Balaban J connectivity index is 1.83. The molecule has 112 valence electrons. The van der Waals surface area contributed by atoms with Gasteiger partial charge in [0, 0.05) is 30.8 Å². The highest BCUT2D eigenvalue weighted by Crippen LogP contribution is 2.28. The molecule has 0 bridgehead atoms. The third-order valence-corrected chi connectivity index (χ3v) is 4.33. The van der Waals surface area contributed by atoms with Gasteiger partial charge in [-0.2, -0.15) is 10.4 Å². The summed E-state index contributed by atoms with van der Waals surface area (Å²) in [5.74, 6) is 0.00288. The van der Waals surface area contributed by atoms with Crippen LogP contribution in [0, 0.1) is 11.3 Å². The van der Waals surface area contributed by atoms with E-state index in [0.717, 1.165) is 15.8 Å². The minimum Gasteiger partial charge on any atom is -0.359 e. The van der Waals surface area contributed by atoms with Crippen molar-refractivity contribution in [3.8, 4) is 6.07 Å². The average Bonchev–Trinajstić information content (AvgIpc) is 2.93. The maximum absolute atomic E-state index is 12.4. The number of halogens is 1. The lowest BCUT2D eigenvalue weighted by molar-refractivity contribution is -0.117. The van der Waals surface area contributed by atoms with Crippen molar-refractivity contribution in [1.82, 2.24) is 9.78 Å². The smallest absolute Gasteiger partial charge is 0.246 e. The van der Waals surface area contributed by atoms with E-state index in [-0.39, 0.29) is 12.5 Å². The molecule has 2 aromatic rings. The van der Waals surface area contributed by atoms with Gasteiger partial charge in [0.05, 0.1) is 29.7 Å². The number of nitrogens with zero attached hydrogens (tertiary/aromatic N) is 5. The predicted octanol–water partition coefficient (Wildman–Crippen LogP) is 1.91. The van der Waals surface area contributed by atoms with Crippen molar-refractivity contribution in [2.24, 2.45) is 7.05 Å². The number of aromatic nitrogens is 2. The first-order valence-electron chi connectivity index (χ1n) is 6.82. The minimum atomic E-state index is 0.00288. The van der Waals surface area contributed by atoms with E-state index in [1.807, 2.05) is 36.3 Å². The molecule has 1 aromatic carbocycles. The first-order chi connectivity index (χ1) is 10.6. The molecule has 6 nitrogen and oxygen atoms in total. The molecule has 0 radical (unpaired) electrons. The number of nitriles is 1. The van der Waals surface area contributed by atoms with Crippen LogP contribution in [0.1, 0.15) is 5.56 Å². The van der Waals surface area contributed by atoms with E-state index in [1.54, 1.807) is 15.8 Å². The zero-order valence-electron chi connectivity index (χ0n) is 12.0. The van der Waals surface area contributed by atoms with Gasteiger partial charge >= 0.3 is 0 Å². The van der Waals surface area contributed by atoms with Gasteiger partial charge in [-0.15, -0.1) is 0 Å². The fraction of sp³-hybridized carbons (Fsp3) is 0.267. The number of hydrogen-bond donors (Lipinski definition) is 0. The van der Waals surface area contributed by atoms with E-state index in [4.69, 9.17) is 0 Å². The summed E-state index contributed by atoms with van der Waals surface area (Å²) in [5.41, 5.74) is 2.16. The summed E-state index contributed by atoms with van der Waals surface area (Å²) in [6, 6.07) is 7.77. The Labute approximate surface area is 136 Å². The predicted molar refractivity (Wildman–Crippen MR) is 86.6 cm³/mol. The lowest BCUT2D eigenvalue weighted by Crippen LogP contribution is -2.50. The van der Waals surface area contributed by atoms with Gasteiger partial charge in [-0.05, 0) is 28.1 Å². The molecule has 1 aliphatic rings. The molecule has 1 aliphatic heterocycles. The molecule has 22 heavy (non-hydrogen) atoms. The van der Waals surface area contributed by atoms with Crippen LogP contribution < -0.4 is 9.80 Å². The zero-order chi connectivity index (χ0) is 15.7. The van der Waals surface area contributed by atoms with E-state index in [9.17, 15) is 10.1 Å². The highest BCUT2D eigenvalue weighted by molar-refractivity contribution is 9.10. The van der Waals surface area contributed by atoms with Crippen molar-refractivity contribution in [3.63, 3.8) is 0 Å². The summed E-state index contributed by atoms with van der Waals surface area (Å²) in [6.07, 6.45) is 3.51. The van der Waals surface area contributed by atoms with Crippen LogP contribution in [0.5, 0.6) is 0 Å². The molecular weight excluding hydrogens is 346 g/mol. The summed E-state index contributed by atoms with van der Waals surface area (Å²) >= 11 is 3.38. The van der Waals surface area contributed by atoms with Crippen LogP contribution in [0.3, 0.4) is 0 Å². The topological polar surface area (TPSA) is 65.2 Å². The van der Waals surface area contributed by atoms with Crippen LogP contribution >= 0.6 is 15.9 Å². The van der Waals surface area contributed by atoms with Crippen molar-refractivity contribution in [1.29, 1.82) is 5.26 Å². The summed E-state index contributed by atoms with van der Waals surface area (Å²) in [4.78, 5) is 16.1. The molecule has 0 unspecified atom stereocenters. The lowest BCUT2D eigenvalue weighted by Gasteiger charge is -2.35. The Morgan fingerprint density at radius 1 is 1.36 bits per heavy atom. The van der Waals surface area contributed by atoms with E-state index in [1.165, 1.54) is 0 Å². The minimum absolute atomic E-state index is 0.00288. The Kier molecular flexibility index (Phi) is 3.86. The molecule has 1 aromatic heterocycles. The van der Waals surface area contributed by atoms with Crippen molar-refractivity contribution in [3.05, 3.63) is 40.6 Å². The first kappa shape index (κ1) is 14.6. The second-order valence-electron chi connectivity index (χ2n) is 5.08. The summed E-state index contributed by atoms with van der Waals surface area (Å²) in [7, 11) is 1.82. The van der Waals surface area contributed by atoms with E-state index in [0.29, 0.717) is 18.7 Å². The molecule has 7 heteroatoms. The van der Waals surface area contributed by atoms with Crippen LogP contribution in [0.4, 0.5) is 11.4 Å². The van der Waals surface area contributed by atoms with Crippen LogP contribution in [0.25, 0.3) is 0 Å². The molecular formula is C15H14BrN5O. The molecule has 0 aliphatic carbocycles. The SMILES string of the molecule is Cn1cc(N2CCN(c3cccc(Br)c3C#N)CC2=O)cn1. The fourth-order valence-corrected chi connectivity index (χ4v) is 3.03. The number of amides is 1. The monoisotopic (exact) mass is 359 g/mol. The molecule has 0 saturated carbocycles. The molecule has 1 saturated heterocycles. The van der Waals surface area contributed by atoms with Gasteiger partial charge in [0.1, 0.15) is 6.07 Å². The third-order valence-electron chi connectivity index (χ3n) is 3.67. The molecule has 0 atom stereocenters. The number of piperazine rings is 1. The van der Waals surface area contributed by atoms with Crippen LogP contribution in [-0.4, -0.2) is 35.3 Å². The van der Waals surface area contributed by atoms with Gasteiger partial charge in [0.15, 0.2) is 0 Å². The Bertz CT molecular complexity index is 764. The largest absolute Gasteiger partial charge is 0.359 e. The van der Waals surface area contributed by atoms with Crippen molar-refractivity contribution >= 4 is 33.2 Å². The maximum atomic E-state index is 12.4. The van der Waals surface area contributed by atoms with Gasteiger partial charge in [0.2, 0.25) is 5.91 Å². The molecule has 0 spiro atoms. The molecule has 3 rings (SSSR count). The van der Waals surface area contributed by atoms with Crippen LogP contribution in [-0.2, 0) is 11.8 Å². The average molecular weight is 360 g/mol. The van der Waals surface area contributed by atoms with E-state index < -0.39 is 0 Å². The maximum Gasteiger partial charge on any atom is 0.246 e. The zero-order valence-corrected chi connectivity index (χ0v) is 13.6. The van der Waals surface area contributed by atoms with E-state index >= 15 is 0 Å². The number of carbonyl (C=O) groups is 1. The quantitative estimate of drug-likeness (QED) is 0.821. The van der Waals surface area contributed by atoms with Crippen molar-refractivity contribution in [2.75, 3.05) is 29.4 Å². The first-order valence-corrected chi connectivity index (χ1v) is 7.62. The van der Waals surface area contributed by atoms with Gasteiger partial charge in [-0.25, -0.2) is 0 Å². The standard InChI is InChI=1S/C15H14BrN5O/c1-19-9-11(8-18-19)21-6-5-20(10-15(21)22)14-4-2-3-13(16)12(14)7-17/h2-4,8-9H,5-6,10H2,1H3. The van der Waals surface area contributed by atoms with Gasteiger partial charge < -0.3 is 9.80 Å². The number of carbonyl (C=O) groups excluding carboxylic acids is 1. The number of rotatable bonds is 2. The summed E-state index contributed by atoms with van der Waals surface area (Å²) < 4.78 is 2.42. The fourth-order valence-electron chi connectivity index (χ4n) is 2.59. The molecule has 1 amide bonds. The number of anilines is 2. The molecule has 0 N–H and O–H groups in total. The lowest BCUT2D eigenvalue weighted by atomic mass is 10.1. The number of benzene rings is 1. The number of hydrogen-bond acceptors (Lipinski definition) is 4. The number of aryl methyl sites for hydroxylation is 1. The normalized spacial score (nSPS) is 15.0. The Morgan fingerprint density at radius 2 is 2.18 bits per heavy atom. The highest BCUT2D eigenvalue weighted by atomic mass is 79.9. The van der Waals surface area contributed by atoms with Crippen LogP contribution in [0.15, 0.2) is 35.1 Å². The molecule has 1 fully saturated rings. The van der Waals surface area contributed by atoms with Crippen molar-refractivity contribution in [2.45, 2.75) is 0 Å². The third kappa shape index (κ3) is 2.57. The second kappa shape index (κ2) is 5.81. The Hall–Kier alpha value is -2.33. The summed E-state index contributed by atoms with van der Waals surface area (Å²) in [5, 5.41) is 13.4.